The summed E-state index contributed by atoms with van der Waals surface area (Å²) in [4.78, 5) is 41.7. The first-order valence-electron chi connectivity index (χ1n) is 12.6. The molecule has 3 N–H and O–H groups in total. The van der Waals surface area contributed by atoms with E-state index in [4.69, 9.17) is 4.74 Å². The monoisotopic (exact) mass is 583 g/mol. The molecule has 0 fully saturated rings. The summed E-state index contributed by atoms with van der Waals surface area (Å²) < 4.78 is 35.7. The lowest BCUT2D eigenvalue weighted by atomic mass is 10.0. The Morgan fingerprint density at radius 2 is 1.90 bits per heavy atom. The van der Waals surface area contributed by atoms with Gasteiger partial charge in [0.25, 0.3) is 0 Å². The van der Waals surface area contributed by atoms with E-state index >= 15 is 0 Å². The number of nitrogens with one attached hydrogen (secondary N) is 2. The number of para-hydroxylation sites is 1. The summed E-state index contributed by atoms with van der Waals surface area (Å²) in [5.41, 5.74) is 0.395. The third-order valence-corrected chi connectivity index (χ3v) is 8.36. The van der Waals surface area contributed by atoms with E-state index in [2.05, 4.69) is 9.71 Å². The van der Waals surface area contributed by atoms with Gasteiger partial charge in [-0.05, 0) is 53.6 Å². The van der Waals surface area contributed by atoms with Crippen LogP contribution in [0.25, 0.3) is 10.9 Å². The zero-order valence-corrected chi connectivity index (χ0v) is 23.3. The highest BCUT2D eigenvalue weighted by atomic mass is 32.2. The number of rotatable bonds is 13. The SMILES string of the molecule is CCCCOc1ccccc1[C@H](NS(=O)(=O)c1ccc2[nH]c(=O)ccc2c1)C(=O)N(CC(=O)O)Cc1cccs1. The van der Waals surface area contributed by atoms with Crippen LogP contribution in [0.4, 0.5) is 0 Å². The summed E-state index contributed by atoms with van der Waals surface area (Å²) in [5, 5.41) is 11.9. The highest BCUT2D eigenvalue weighted by molar-refractivity contribution is 7.89. The lowest BCUT2D eigenvalue weighted by Gasteiger charge is -2.27. The molecule has 1 atom stereocenters. The zero-order valence-electron chi connectivity index (χ0n) is 21.7. The van der Waals surface area contributed by atoms with E-state index in [-0.39, 0.29) is 22.6 Å². The van der Waals surface area contributed by atoms with Gasteiger partial charge >= 0.3 is 5.97 Å². The normalized spacial score (nSPS) is 12.2. The van der Waals surface area contributed by atoms with E-state index in [9.17, 15) is 27.9 Å². The third-order valence-electron chi connectivity index (χ3n) is 6.08. The fourth-order valence-electron chi connectivity index (χ4n) is 4.09. The van der Waals surface area contributed by atoms with Crippen LogP contribution in [-0.4, -0.2) is 48.4 Å². The van der Waals surface area contributed by atoms with Gasteiger partial charge in [0.15, 0.2) is 0 Å². The van der Waals surface area contributed by atoms with Crippen LogP contribution in [0.5, 0.6) is 5.75 Å². The second kappa shape index (κ2) is 12.9. The molecule has 12 heteroatoms. The van der Waals surface area contributed by atoms with E-state index in [0.717, 1.165) is 22.6 Å². The van der Waals surface area contributed by atoms with Crippen LogP contribution in [0.15, 0.2) is 81.8 Å². The number of carboxylic acids is 1. The van der Waals surface area contributed by atoms with Gasteiger partial charge in [-0.25, -0.2) is 8.42 Å². The minimum Gasteiger partial charge on any atom is -0.493 e. The molecule has 2 aromatic heterocycles. The molecule has 210 valence electrons. The maximum atomic E-state index is 14.0. The third kappa shape index (κ3) is 7.14. The maximum Gasteiger partial charge on any atom is 0.323 e. The van der Waals surface area contributed by atoms with Gasteiger partial charge in [-0.3, -0.25) is 14.4 Å². The Balaban J connectivity index is 1.76. The number of fused-ring (bicyclic) bond motifs is 1. The van der Waals surface area contributed by atoms with Crippen molar-refractivity contribution in [1.29, 1.82) is 0 Å². The molecule has 2 aromatic carbocycles. The average Bonchev–Trinajstić information content (AvgIpc) is 3.44. The van der Waals surface area contributed by atoms with Crippen molar-refractivity contribution in [3.8, 4) is 5.75 Å². The number of hydrogen-bond donors (Lipinski definition) is 3. The van der Waals surface area contributed by atoms with Gasteiger partial charge in [0.1, 0.15) is 18.3 Å². The number of benzene rings is 2. The molecule has 2 heterocycles. The molecule has 40 heavy (non-hydrogen) atoms. The molecular formula is C28H29N3O7S2. The highest BCUT2D eigenvalue weighted by Crippen LogP contribution is 2.30. The van der Waals surface area contributed by atoms with Gasteiger partial charge in [-0.15, -0.1) is 11.3 Å². The fraction of sp³-hybridized carbons (Fsp3) is 0.250. The molecule has 0 unspecified atom stereocenters. The molecule has 0 radical (unpaired) electrons. The molecule has 1 amide bonds. The van der Waals surface area contributed by atoms with Crippen LogP contribution >= 0.6 is 11.3 Å². The van der Waals surface area contributed by atoms with Crippen molar-refractivity contribution in [2.45, 2.75) is 37.2 Å². The van der Waals surface area contributed by atoms with Crippen molar-refractivity contribution in [1.82, 2.24) is 14.6 Å². The Bertz CT molecular complexity index is 1650. The molecule has 4 rings (SSSR count). The fourth-order valence-corrected chi connectivity index (χ4v) is 6.02. The van der Waals surface area contributed by atoms with Crippen LogP contribution in [0.1, 0.15) is 36.2 Å². The van der Waals surface area contributed by atoms with Gasteiger partial charge in [0.05, 0.1) is 18.0 Å². The summed E-state index contributed by atoms with van der Waals surface area (Å²) >= 11 is 1.36. The summed E-state index contributed by atoms with van der Waals surface area (Å²) in [7, 11) is -4.31. The van der Waals surface area contributed by atoms with E-state index in [1.807, 2.05) is 12.3 Å². The van der Waals surface area contributed by atoms with Gasteiger partial charge in [0.2, 0.25) is 21.5 Å². The number of ether oxygens (including phenoxy) is 1. The molecule has 0 aliphatic carbocycles. The van der Waals surface area contributed by atoms with E-state index in [0.29, 0.717) is 23.3 Å². The van der Waals surface area contributed by atoms with Gasteiger partial charge in [-0.2, -0.15) is 4.72 Å². The lowest BCUT2D eigenvalue weighted by Crippen LogP contribution is -2.44. The lowest BCUT2D eigenvalue weighted by molar-refractivity contribution is -0.145. The van der Waals surface area contributed by atoms with Gasteiger partial charge in [-0.1, -0.05) is 37.6 Å². The second-order valence-electron chi connectivity index (χ2n) is 9.03. The number of aliphatic carboxylic acids is 1. The number of carboxylic acid groups (broad SMARTS) is 1. The number of aromatic nitrogens is 1. The molecule has 0 aliphatic rings. The van der Waals surface area contributed by atoms with Crippen molar-refractivity contribution >= 4 is 44.1 Å². The Hall–Kier alpha value is -4.00. The number of H-pyrrole nitrogens is 1. The van der Waals surface area contributed by atoms with E-state index < -0.39 is 34.5 Å². The molecular weight excluding hydrogens is 554 g/mol. The topological polar surface area (TPSA) is 146 Å². The van der Waals surface area contributed by atoms with E-state index in [1.165, 1.54) is 41.7 Å². The Morgan fingerprint density at radius 3 is 2.62 bits per heavy atom. The Kier molecular flexibility index (Phi) is 9.35. The van der Waals surface area contributed by atoms with Gasteiger partial charge in [0, 0.05) is 22.0 Å². The number of pyridine rings is 1. The summed E-state index contributed by atoms with van der Waals surface area (Å²) in [6, 6.07) is 15.7. The minimum absolute atomic E-state index is 0.0107. The molecule has 0 aliphatic heterocycles. The number of aromatic amines is 1. The van der Waals surface area contributed by atoms with Crippen molar-refractivity contribution in [3.05, 3.63) is 92.9 Å². The van der Waals surface area contributed by atoms with Crippen LogP contribution < -0.4 is 15.0 Å². The molecule has 0 saturated heterocycles. The van der Waals surface area contributed by atoms with Crippen molar-refractivity contribution in [2.75, 3.05) is 13.2 Å². The molecule has 0 bridgehead atoms. The standard InChI is InChI=1S/C28H29N3O7S2/c1-2-3-14-38-24-9-5-4-8-22(24)27(28(35)31(18-26(33)34)17-20-7-6-15-39-20)30-40(36,37)21-11-12-23-19(16-21)10-13-25(32)29-23/h4-13,15-16,27,30H,2-3,14,17-18H2,1H3,(H,29,32)(H,33,34)/t27-/m0/s1. The number of unbranched alkanes of at least 4 members (excludes halogenated alkanes) is 1. The number of hydrogen-bond acceptors (Lipinski definition) is 7. The summed E-state index contributed by atoms with van der Waals surface area (Å²) in [6.45, 7) is 1.72. The summed E-state index contributed by atoms with van der Waals surface area (Å²) in [6.07, 6.45) is 1.62. The smallest absolute Gasteiger partial charge is 0.323 e. The molecule has 0 spiro atoms. The number of carbonyl (C=O) groups is 2. The first-order chi connectivity index (χ1) is 19.2. The number of sulfonamides is 1. The second-order valence-corrected chi connectivity index (χ2v) is 11.8. The predicted octanol–water partition coefficient (Wildman–Crippen LogP) is 3.90. The number of thiophene rings is 1. The minimum atomic E-state index is -4.31. The van der Waals surface area contributed by atoms with Crippen LogP contribution in [0, 0.1) is 0 Å². The molecule has 4 aromatic rings. The zero-order chi connectivity index (χ0) is 28.7. The number of nitrogens with zero attached hydrogens (tertiary/aromatic N) is 1. The van der Waals surface area contributed by atoms with Crippen molar-refractivity contribution in [3.63, 3.8) is 0 Å². The summed E-state index contributed by atoms with van der Waals surface area (Å²) in [5.74, 6) is -1.65. The molecule has 0 saturated carbocycles. The van der Waals surface area contributed by atoms with Crippen LogP contribution in [0.3, 0.4) is 0 Å². The molecule has 10 nitrogen and oxygen atoms in total. The number of amides is 1. The predicted molar refractivity (Wildman–Crippen MR) is 152 cm³/mol. The Morgan fingerprint density at radius 1 is 1.10 bits per heavy atom. The van der Waals surface area contributed by atoms with Crippen LogP contribution in [-0.2, 0) is 26.2 Å². The maximum absolute atomic E-state index is 14.0. The first kappa shape index (κ1) is 29.0. The van der Waals surface area contributed by atoms with Crippen LogP contribution in [0.2, 0.25) is 0 Å². The first-order valence-corrected chi connectivity index (χ1v) is 14.9. The largest absolute Gasteiger partial charge is 0.493 e. The van der Waals surface area contributed by atoms with Crippen molar-refractivity contribution < 1.29 is 27.9 Å². The van der Waals surface area contributed by atoms with E-state index in [1.54, 1.807) is 36.4 Å². The quantitative estimate of drug-likeness (QED) is 0.202. The van der Waals surface area contributed by atoms with Crippen molar-refractivity contribution in [2.24, 2.45) is 0 Å². The highest BCUT2D eigenvalue weighted by Gasteiger charge is 2.34. The number of carbonyl (C=O) groups excluding carboxylic acids is 1. The van der Waals surface area contributed by atoms with Gasteiger partial charge < -0.3 is 19.7 Å². The Labute approximate surface area is 235 Å². The average molecular weight is 584 g/mol.